The lowest BCUT2D eigenvalue weighted by Gasteiger charge is -2.25. The lowest BCUT2D eigenvalue weighted by molar-refractivity contribution is -0.0771. The van der Waals surface area contributed by atoms with Gasteiger partial charge in [-0.3, -0.25) is 18.9 Å². The number of ether oxygens (including phenoxy) is 3. The molecule has 0 spiro atoms. The van der Waals surface area contributed by atoms with Crippen molar-refractivity contribution in [2.75, 3.05) is 7.11 Å². The zero-order chi connectivity index (χ0) is 19.6. The standard InChI is InChI=1S/C15H23N2O8P/c1-8(2)24-12-11(9(3)7-26(20,21)22)25-14(13(12)23-4)17-6-5-10(18)16-15(17)19/h5-8,11-14H,1-4H3,(H,16,18,19)(H2,20,21,22)/b9-7+/t11-,12+,13+,14-/m1/s1. The summed E-state index contributed by atoms with van der Waals surface area (Å²) in [4.78, 5) is 44.0. The fourth-order valence-electron chi connectivity index (χ4n) is 2.91. The number of rotatable bonds is 6. The third-order valence-corrected chi connectivity index (χ3v) is 4.58. The first-order chi connectivity index (χ1) is 12.0. The van der Waals surface area contributed by atoms with Gasteiger partial charge in [0.1, 0.15) is 18.3 Å². The fraction of sp³-hybridized carbons (Fsp3) is 0.600. The normalized spacial score (nSPS) is 27.3. The van der Waals surface area contributed by atoms with E-state index in [0.717, 1.165) is 10.4 Å². The number of methoxy groups -OCH3 is 1. The predicted octanol–water partition coefficient (Wildman–Crippen LogP) is 0.324. The fourth-order valence-corrected chi connectivity index (χ4v) is 3.59. The molecule has 0 aliphatic carbocycles. The quantitative estimate of drug-likeness (QED) is 0.590. The lowest BCUT2D eigenvalue weighted by Crippen LogP contribution is -2.40. The molecule has 1 aromatic rings. The number of nitrogens with zero attached hydrogens (tertiary/aromatic N) is 1. The molecule has 0 saturated carbocycles. The Balaban J connectivity index is 2.48. The second kappa shape index (κ2) is 7.99. The van der Waals surface area contributed by atoms with Crippen molar-refractivity contribution in [1.82, 2.24) is 9.55 Å². The minimum atomic E-state index is -4.43. The molecule has 0 radical (unpaired) electrons. The van der Waals surface area contributed by atoms with E-state index < -0.39 is 43.4 Å². The van der Waals surface area contributed by atoms with Gasteiger partial charge in [-0.1, -0.05) is 0 Å². The van der Waals surface area contributed by atoms with Gasteiger partial charge in [-0.2, -0.15) is 0 Å². The van der Waals surface area contributed by atoms with E-state index in [2.05, 4.69) is 4.98 Å². The van der Waals surface area contributed by atoms with Gasteiger partial charge < -0.3 is 24.0 Å². The predicted molar refractivity (Wildman–Crippen MR) is 91.8 cm³/mol. The molecule has 1 aromatic heterocycles. The van der Waals surface area contributed by atoms with Crippen LogP contribution in [-0.4, -0.2) is 50.9 Å². The van der Waals surface area contributed by atoms with Crippen molar-refractivity contribution in [1.29, 1.82) is 0 Å². The topological polar surface area (TPSA) is 140 Å². The average Bonchev–Trinajstić information content (AvgIpc) is 2.83. The molecular formula is C15H23N2O8P. The molecular weight excluding hydrogens is 367 g/mol. The lowest BCUT2D eigenvalue weighted by atomic mass is 10.0. The number of nitrogens with one attached hydrogen (secondary N) is 1. The molecule has 1 fully saturated rings. The summed E-state index contributed by atoms with van der Waals surface area (Å²) in [5.41, 5.74) is -0.988. The Hall–Kier alpha value is -1.55. The summed E-state index contributed by atoms with van der Waals surface area (Å²) in [6, 6.07) is 1.17. The van der Waals surface area contributed by atoms with E-state index in [1.54, 1.807) is 13.8 Å². The van der Waals surface area contributed by atoms with Crippen LogP contribution in [-0.2, 0) is 18.8 Å². The van der Waals surface area contributed by atoms with Gasteiger partial charge in [-0.25, -0.2) is 4.79 Å². The Labute approximate surface area is 149 Å². The van der Waals surface area contributed by atoms with Crippen LogP contribution >= 0.6 is 7.60 Å². The van der Waals surface area contributed by atoms with Crippen LogP contribution in [0.2, 0.25) is 0 Å². The van der Waals surface area contributed by atoms with Crippen molar-refractivity contribution >= 4 is 7.60 Å². The highest BCUT2D eigenvalue weighted by atomic mass is 31.2. The maximum atomic E-state index is 12.1. The summed E-state index contributed by atoms with van der Waals surface area (Å²) in [6.45, 7) is 5.10. The Bertz CT molecular complexity index is 823. The van der Waals surface area contributed by atoms with E-state index in [0.29, 0.717) is 0 Å². The van der Waals surface area contributed by atoms with Crippen LogP contribution in [0.15, 0.2) is 33.2 Å². The number of H-pyrrole nitrogens is 1. The molecule has 3 N–H and O–H groups in total. The summed E-state index contributed by atoms with van der Waals surface area (Å²) in [7, 11) is -3.01. The van der Waals surface area contributed by atoms with Crippen LogP contribution in [0, 0.1) is 0 Å². The van der Waals surface area contributed by atoms with E-state index in [9.17, 15) is 23.9 Å². The summed E-state index contributed by atoms with van der Waals surface area (Å²) >= 11 is 0. The molecule has 1 saturated heterocycles. The van der Waals surface area contributed by atoms with Gasteiger partial charge in [0, 0.05) is 25.2 Å². The zero-order valence-corrected chi connectivity index (χ0v) is 15.8. The van der Waals surface area contributed by atoms with Crippen LogP contribution in [0.25, 0.3) is 0 Å². The molecule has 0 aromatic carbocycles. The maximum Gasteiger partial charge on any atom is 0.349 e. The minimum absolute atomic E-state index is 0.224. The first-order valence-corrected chi connectivity index (χ1v) is 9.61. The van der Waals surface area contributed by atoms with Crippen molar-refractivity contribution in [3.63, 3.8) is 0 Å². The van der Waals surface area contributed by atoms with Crippen LogP contribution in [0.4, 0.5) is 0 Å². The Morgan fingerprint density at radius 3 is 2.54 bits per heavy atom. The van der Waals surface area contributed by atoms with Crippen LogP contribution < -0.4 is 11.2 Å². The summed E-state index contributed by atoms with van der Waals surface area (Å²) in [5.74, 6) is 0.805. The highest BCUT2D eigenvalue weighted by Gasteiger charge is 2.48. The molecule has 0 amide bonds. The molecule has 11 heteroatoms. The van der Waals surface area contributed by atoms with Crippen molar-refractivity contribution in [2.24, 2.45) is 0 Å². The van der Waals surface area contributed by atoms with Gasteiger partial charge in [0.05, 0.1) is 6.10 Å². The number of aromatic nitrogens is 2. The average molecular weight is 390 g/mol. The molecule has 1 aliphatic rings. The second-order valence-corrected chi connectivity index (χ2v) is 7.71. The largest absolute Gasteiger partial charge is 0.374 e. The third-order valence-electron chi connectivity index (χ3n) is 3.84. The van der Waals surface area contributed by atoms with Crippen molar-refractivity contribution < 1.29 is 28.6 Å². The molecule has 2 heterocycles. The van der Waals surface area contributed by atoms with Crippen molar-refractivity contribution in [3.8, 4) is 0 Å². The van der Waals surface area contributed by atoms with Gasteiger partial charge in [-0.05, 0) is 26.3 Å². The third kappa shape index (κ3) is 4.79. The first-order valence-electron chi connectivity index (χ1n) is 7.93. The minimum Gasteiger partial charge on any atom is -0.374 e. The van der Waals surface area contributed by atoms with Gasteiger partial charge in [0.25, 0.3) is 5.56 Å². The van der Waals surface area contributed by atoms with E-state index in [4.69, 9.17) is 14.2 Å². The first kappa shape index (κ1) is 20.8. The van der Waals surface area contributed by atoms with Crippen molar-refractivity contribution in [3.05, 3.63) is 44.5 Å². The molecule has 146 valence electrons. The van der Waals surface area contributed by atoms with Gasteiger partial charge in [0.2, 0.25) is 0 Å². The Morgan fingerprint density at radius 2 is 2.04 bits per heavy atom. The monoisotopic (exact) mass is 390 g/mol. The Morgan fingerprint density at radius 1 is 1.38 bits per heavy atom. The molecule has 4 atom stereocenters. The maximum absolute atomic E-state index is 12.1. The molecule has 1 aliphatic heterocycles. The van der Waals surface area contributed by atoms with E-state index in [1.807, 2.05) is 0 Å². The van der Waals surface area contributed by atoms with Crippen LogP contribution in [0.3, 0.4) is 0 Å². The van der Waals surface area contributed by atoms with Crippen LogP contribution in [0.1, 0.15) is 27.0 Å². The molecule has 0 bridgehead atoms. The summed E-state index contributed by atoms with van der Waals surface area (Å²) in [6.07, 6.45) is -2.21. The van der Waals surface area contributed by atoms with Crippen LogP contribution in [0.5, 0.6) is 0 Å². The highest BCUT2D eigenvalue weighted by molar-refractivity contribution is 7.55. The smallest absolute Gasteiger partial charge is 0.349 e. The van der Waals surface area contributed by atoms with Crippen molar-refractivity contribution in [2.45, 2.75) is 51.4 Å². The molecule has 0 unspecified atom stereocenters. The SMILES string of the molecule is CO[C@H]1[C@@H](OC(C)C)[C@@H](/C(C)=C/P(=O)(O)O)O[C@H]1n1ccc(=O)[nH]c1=O. The van der Waals surface area contributed by atoms with E-state index in [-0.39, 0.29) is 11.7 Å². The second-order valence-electron chi connectivity index (χ2n) is 6.28. The Kier molecular flexibility index (Phi) is 6.38. The van der Waals surface area contributed by atoms with E-state index in [1.165, 1.54) is 26.3 Å². The molecule has 10 nitrogen and oxygen atoms in total. The highest BCUT2D eigenvalue weighted by Crippen LogP contribution is 2.42. The van der Waals surface area contributed by atoms with Gasteiger partial charge in [0.15, 0.2) is 6.23 Å². The van der Waals surface area contributed by atoms with Gasteiger partial charge >= 0.3 is 13.3 Å². The summed E-state index contributed by atoms with van der Waals surface area (Å²) < 4.78 is 29.7. The summed E-state index contributed by atoms with van der Waals surface area (Å²) in [5, 5.41) is 0. The number of hydrogen-bond acceptors (Lipinski definition) is 6. The molecule has 26 heavy (non-hydrogen) atoms. The number of aromatic amines is 1. The van der Waals surface area contributed by atoms with E-state index >= 15 is 0 Å². The molecule has 2 rings (SSSR count). The van der Waals surface area contributed by atoms with Gasteiger partial charge in [-0.15, -0.1) is 0 Å². The zero-order valence-electron chi connectivity index (χ0n) is 14.9. The number of hydrogen-bond donors (Lipinski definition) is 3.